The molecule has 31 heavy (non-hydrogen) atoms. The van der Waals surface area contributed by atoms with Gasteiger partial charge in [-0.15, -0.1) is 0 Å². The van der Waals surface area contributed by atoms with Crippen molar-refractivity contribution < 1.29 is 14.6 Å². The van der Waals surface area contributed by atoms with Gasteiger partial charge >= 0.3 is 0 Å². The smallest absolute Gasteiger partial charge is 0.101 e. The number of benzene rings is 1. The van der Waals surface area contributed by atoms with Crippen LogP contribution in [0.4, 0.5) is 0 Å². The normalized spacial score (nSPS) is 12.6. The number of hydrogen-bond acceptors (Lipinski definition) is 3. The molecule has 1 N–H and O–H groups in total. The molecule has 0 amide bonds. The molecule has 0 bridgehead atoms. The Morgan fingerprint density at radius 3 is 1.90 bits per heavy atom. The van der Waals surface area contributed by atoms with Gasteiger partial charge in [0.1, 0.15) is 6.10 Å². The number of hydrogen-bond donors (Lipinski definition) is 1. The molecular formula is C28H48O3. The third kappa shape index (κ3) is 19.3. The Bertz CT molecular complexity index is 500. The van der Waals surface area contributed by atoms with Gasteiger partial charge in [0, 0.05) is 6.61 Å². The maximum atomic E-state index is 9.91. The van der Waals surface area contributed by atoms with Gasteiger partial charge < -0.3 is 14.6 Å². The van der Waals surface area contributed by atoms with E-state index in [0.717, 1.165) is 18.6 Å². The van der Waals surface area contributed by atoms with Crippen molar-refractivity contribution in [1.29, 1.82) is 0 Å². The molecule has 0 radical (unpaired) electrons. The van der Waals surface area contributed by atoms with E-state index >= 15 is 0 Å². The van der Waals surface area contributed by atoms with E-state index in [0.29, 0.717) is 19.8 Å². The van der Waals surface area contributed by atoms with Gasteiger partial charge in [-0.25, -0.2) is 0 Å². The lowest BCUT2D eigenvalue weighted by Gasteiger charge is -2.12. The molecule has 1 rings (SSSR count). The van der Waals surface area contributed by atoms with E-state index in [9.17, 15) is 5.11 Å². The summed E-state index contributed by atoms with van der Waals surface area (Å²) in [6.07, 6.45) is 22.6. The van der Waals surface area contributed by atoms with Crippen LogP contribution >= 0.6 is 0 Å². The van der Waals surface area contributed by atoms with Crippen molar-refractivity contribution >= 4 is 0 Å². The molecule has 0 spiro atoms. The topological polar surface area (TPSA) is 38.7 Å². The van der Waals surface area contributed by atoms with Crippen molar-refractivity contribution in [2.24, 2.45) is 0 Å². The molecular weight excluding hydrogens is 384 g/mol. The third-order valence-electron chi connectivity index (χ3n) is 5.53. The summed E-state index contributed by atoms with van der Waals surface area (Å²) in [7, 11) is 0. The van der Waals surface area contributed by atoms with Crippen LogP contribution in [0.2, 0.25) is 0 Å². The fraction of sp³-hybridized carbons (Fsp3) is 0.714. The predicted octanol–water partition coefficient (Wildman–Crippen LogP) is 7.62. The quantitative estimate of drug-likeness (QED) is 0.151. The summed E-state index contributed by atoms with van der Waals surface area (Å²) in [5.41, 5.74) is 1.12. The molecule has 0 unspecified atom stereocenters. The average Bonchev–Trinajstić information content (AvgIpc) is 2.79. The summed E-state index contributed by atoms with van der Waals surface area (Å²) in [5.74, 6) is 0. The second-order valence-electron chi connectivity index (χ2n) is 8.67. The second kappa shape index (κ2) is 22.0. The van der Waals surface area contributed by atoms with Gasteiger partial charge in [0.15, 0.2) is 0 Å². The first kappa shape index (κ1) is 27.9. The summed E-state index contributed by atoms with van der Waals surface area (Å²) in [5, 5.41) is 9.91. The zero-order chi connectivity index (χ0) is 22.2. The van der Waals surface area contributed by atoms with E-state index in [1.54, 1.807) is 0 Å². The molecule has 0 saturated heterocycles. The van der Waals surface area contributed by atoms with E-state index in [1.165, 1.54) is 83.5 Å². The Balaban J connectivity index is 1.76. The molecule has 3 nitrogen and oxygen atoms in total. The molecule has 0 aromatic heterocycles. The van der Waals surface area contributed by atoms with Crippen molar-refractivity contribution in [2.75, 3.05) is 19.8 Å². The van der Waals surface area contributed by atoms with Crippen LogP contribution in [0.15, 0.2) is 42.5 Å². The Hall–Kier alpha value is -1.16. The predicted molar refractivity (Wildman–Crippen MR) is 132 cm³/mol. The summed E-state index contributed by atoms with van der Waals surface area (Å²) in [4.78, 5) is 0. The minimum atomic E-state index is -0.544. The zero-order valence-corrected chi connectivity index (χ0v) is 20.1. The zero-order valence-electron chi connectivity index (χ0n) is 20.1. The average molecular weight is 433 g/mol. The first-order valence-electron chi connectivity index (χ1n) is 12.9. The van der Waals surface area contributed by atoms with Gasteiger partial charge in [0.2, 0.25) is 0 Å². The fourth-order valence-corrected chi connectivity index (χ4v) is 3.61. The summed E-state index contributed by atoms with van der Waals surface area (Å²) in [6.45, 7) is 4.22. The van der Waals surface area contributed by atoms with Gasteiger partial charge in [-0.2, -0.15) is 0 Å². The number of aliphatic hydroxyl groups excluding tert-OH is 1. The van der Waals surface area contributed by atoms with E-state index < -0.39 is 6.10 Å². The molecule has 1 atom stereocenters. The van der Waals surface area contributed by atoms with Crippen molar-refractivity contribution in [3.63, 3.8) is 0 Å². The molecule has 0 aliphatic heterocycles. The van der Waals surface area contributed by atoms with Crippen LogP contribution in [0.25, 0.3) is 0 Å². The first-order chi connectivity index (χ1) is 15.3. The van der Waals surface area contributed by atoms with Gasteiger partial charge in [0.05, 0.1) is 19.8 Å². The summed E-state index contributed by atoms with van der Waals surface area (Å²) < 4.78 is 11.1. The maximum absolute atomic E-state index is 9.91. The Morgan fingerprint density at radius 1 is 0.710 bits per heavy atom. The Morgan fingerprint density at radius 2 is 1.26 bits per heavy atom. The second-order valence-corrected chi connectivity index (χ2v) is 8.67. The Kier molecular flexibility index (Phi) is 19.8. The third-order valence-corrected chi connectivity index (χ3v) is 5.53. The van der Waals surface area contributed by atoms with Gasteiger partial charge in [-0.05, 0) is 37.7 Å². The van der Waals surface area contributed by atoms with Crippen LogP contribution in [-0.2, 0) is 16.1 Å². The largest absolute Gasteiger partial charge is 0.388 e. The van der Waals surface area contributed by atoms with Crippen LogP contribution in [-0.4, -0.2) is 31.0 Å². The highest BCUT2D eigenvalue weighted by Crippen LogP contribution is 2.10. The highest BCUT2D eigenvalue weighted by atomic mass is 16.5. The molecule has 0 aliphatic carbocycles. The highest BCUT2D eigenvalue weighted by molar-refractivity contribution is 5.13. The monoisotopic (exact) mass is 432 g/mol. The van der Waals surface area contributed by atoms with E-state index in [4.69, 9.17) is 9.47 Å². The SMILES string of the molecule is CCCCCCCC/C=C\CCCCCCCCOC[C@@H](O)COCc1ccccc1. The lowest BCUT2D eigenvalue weighted by molar-refractivity contribution is -0.0239. The van der Waals surface area contributed by atoms with E-state index in [2.05, 4.69) is 19.1 Å². The Labute approximate surface area is 192 Å². The molecule has 178 valence electrons. The van der Waals surface area contributed by atoms with Crippen LogP contribution < -0.4 is 0 Å². The van der Waals surface area contributed by atoms with Gasteiger partial charge in [-0.1, -0.05) is 107 Å². The van der Waals surface area contributed by atoms with Gasteiger partial charge in [0.25, 0.3) is 0 Å². The van der Waals surface area contributed by atoms with Crippen LogP contribution in [0.1, 0.15) is 102 Å². The van der Waals surface area contributed by atoms with Crippen molar-refractivity contribution in [3.05, 3.63) is 48.0 Å². The number of allylic oxidation sites excluding steroid dienone is 2. The number of rotatable bonds is 22. The van der Waals surface area contributed by atoms with Crippen molar-refractivity contribution in [3.8, 4) is 0 Å². The first-order valence-corrected chi connectivity index (χ1v) is 12.9. The van der Waals surface area contributed by atoms with Crippen LogP contribution in [0, 0.1) is 0 Å². The lowest BCUT2D eigenvalue weighted by atomic mass is 10.1. The standard InChI is InChI=1S/C28H48O3/c1-2-3-4-5-6-7-8-9-10-11-12-13-14-15-16-20-23-30-25-28(29)26-31-24-27-21-18-17-19-22-27/h9-10,17-19,21-22,28-29H,2-8,11-16,20,23-26H2,1H3/b10-9-/t28-/m1/s1. The van der Waals surface area contributed by atoms with Crippen LogP contribution in [0.5, 0.6) is 0 Å². The van der Waals surface area contributed by atoms with E-state index in [1.807, 2.05) is 30.3 Å². The molecule has 0 aliphatic rings. The molecule has 1 aromatic rings. The van der Waals surface area contributed by atoms with Crippen LogP contribution in [0.3, 0.4) is 0 Å². The fourth-order valence-electron chi connectivity index (χ4n) is 3.61. The van der Waals surface area contributed by atoms with Gasteiger partial charge in [-0.3, -0.25) is 0 Å². The number of ether oxygens (including phenoxy) is 2. The highest BCUT2D eigenvalue weighted by Gasteiger charge is 2.04. The summed E-state index contributed by atoms with van der Waals surface area (Å²) >= 11 is 0. The molecule has 0 fully saturated rings. The minimum Gasteiger partial charge on any atom is -0.388 e. The molecule has 0 saturated carbocycles. The minimum absolute atomic E-state index is 0.322. The van der Waals surface area contributed by atoms with Crippen molar-refractivity contribution in [2.45, 2.75) is 110 Å². The molecule has 1 aromatic carbocycles. The molecule has 3 heteroatoms. The van der Waals surface area contributed by atoms with E-state index in [-0.39, 0.29) is 0 Å². The number of unbranched alkanes of at least 4 members (excludes halogenated alkanes) is 12. The number of aliphatic hydroxyl groups is 1. The lowest BCUT2D eigenvalue weighted by Crippen LogP contribution is -2.22. The maximum Gasteiger partial charge on any atom is 0.101 e. The molecule has 0 heterocycles. The summed E-state index contributed by atoms with van der Waals surface area (Å²) in [6, 6.07) is 10.0. The van der Waals surface area contributed by atoms with Crippen molar-refractivity contribution in [1.82, 2.24) is 0 Å².